The van der Waals surface area contributed by atoms with E-state index in [1.807, 2.05) is 0 Å². The highest BCUT2D eigenvalue weighted by Crippen LogP contribution is 2.09. The first-order valence-electron chi connectivity index (χ1n) is 5.96. The van der Waals surface area contributed by atoms with Crippen LogP contribution in [0.2, 0.25) is 0 Å². The Morgan fingerprint density at radius 1 is 0.714 bits per heavy atom. The predicted molar refractivity (Wildman–Crippen MR) is 59.3 cm³/mol. The minimum absolute atomic E-state index is 0.339. The van der Waals surface area contributed by atoms with Crippen molar-refractivity contribution in [3.8, 4) is 0 Å². The lowest BCUT2D eigenvalue weighted by molar-refractivity contribution is -0.107. The lowest BCUT2D eigenvalue weighted by atomic mass is 10.1. The van der Waals surface area contributed by atoms with Crippen LogP contribution in [-0.2, 0) is 4.79 Å². The molecule has 84 valence electrons. The fourth-order valence-corrected chi connectivity index (χ4v) is 1.58. The Morgan fingerprint density at radius 3 is 1.57 bits per heavy atom. The van der Waals surface area contributed by atoms with E-state index in [1.165, 1.54) is 44.9 Å². The van der Waals surface area contributed by atoms with E-state index in [1.54, 1.807) is 0 Å². The Morgan fingerprint density at radius 2 is 1.14 bits per heavy atom. The van der Waals surface area contributed by atoms with Crippen molar-refractivity contribution in [2.24, 2.45) is 0 Å². The van der Waals surface area contributed by atoms with E-state index in [0.717, 1.165) is 25.5 Å². The SMILES string of the molecule is O=CCCCCCCCCCCCO. The summed E-state index contributed by atoms with van der Waals surface area (Å²) >= 11 is 0. The zero-order chi connectivity index (χ0) is 10.5. The first-order chi connectivity index (χ1) is 6.91. The second-order valence-electron chi connectivity index (χ2n) is 3.86. The molecule has 0 aliphatic heterocycles. The quantitative estimate of drug-likeness (QED) is 0.411. The molecular weight excluding hydrogens is 176 g/mol. The molecule has 0 aromatic carbocycles. The van der Waals surface area contributed by atoms with Crippen LogP contribution in [0.25, 0.3) is 0 Å². The van der Waals surface area contributed by atoms with Gasteiger partial charge in [-0.25, -0.2) is 0 Å². The second-order valence-corrected chi connectivity index (χ2v) is 3.86. The Kier molecular flexibility index (Phi) is 12.3. The van der Waals surface area contributed by atoms with E-state index >= 15 is 0 Å². The Hall–Kier alpha value is -0.370. The zero-order valence-electron chi connectivity index (χ0n) is 9.21. The molecule has 2 nitrogen and oxygen atoms in total. The van der Waals surface area contributed by atoms with Crippen molar-refractivity contribution in [3.05, 3.63) is 0 Å². The first-order valence-corrected chi connectivity index (χ1v) is 5.96. The Labute approximate surface area is 87.7 Å². The summed E-state index contributed by atoms with van der Waals surface area (Å²) in [5.74, 6) is 0. The molecule has 0 bridgehead atoms. The summed E-state index contributed by atoms with van der Waals surface area (Å²) in [6.07, 6.45) is 12.6. The summed E-state index contributed by atoms with van der Waals surface area (Å²) in [5.41, 5.74) is 0. The van der Waals surface area contributed by atoms with E-state index < -0.39 is 0 Å². The number of rotatable bonds is 11. The van der Waals surface area contributed by atoms with E-state index in [-0.39, 0.29) is 0 Å². The summed E-state index contributed by atoms with van der Waals surface area (Å²) in [6, 6.07) is 0. The molecule has 0 saturated carbocycles. The summed E-state index contributed by atoms with van der Waals surface area (Å²) in [6.45, 7) is 0.339. The molecule has 0 spiro atoms. The van der Waals surface area contributed by atoms with Gasteiger partial charge in [0, 0.05) is 13.0 Å². The summed E-state index contributed by atoms with van der Waals surface area (Å²) in [7, 11) is 0. The van der Waals surface area contributed by atoms with Gasteiger partial charge in [-0.1, -0.05) is 44.9 Å². The number of aldehydes is 1. The van der Waals surface area contributed by atoms with Gasteiger partial charge in [0.2, 0.25) is 0 Å². The maximum Gasteiger partial charge on any atom is 0.119 e. The number of unbranched alkanes of at least 4 members (excludes halogenated alkanes) is 9. The molecule has 0 unspecified atom stereocenters. The lowest BCUT2D eigenvalue weighted by Crippen LogP contribution is -1.84. The van der Waals surface area contributed by atoms with Crippen LogP contribution in [0.4, 0.5) is 0 Å². The molecule has 1 N–H and O–H groups in total. The van der Waals surface area contributed by atoms with Crippen molar-refractivity contribution < 1.29 is 9.90 Å². The number of hydrogen-bond donors (Lipinski definition) is 1. The monoisotopic (exact) mass is 200 g/mol. The summed E-state index contributed by atoms with van der Waals surface area (Å²) in [5, 5.41) is 8.56. The van der Waals surface area contributed by atoms with Crippen LogP contribution < -0.4 is 0 Å². The molecule has 0 fully saturated rings. The van der Waals surface area contributed by atoms with Crippen molar-refractivity contribution in [2.45, 2.75) is 64.2 Å². The van der Waals surface area contributed by atoms with Gasteiger partial charge in [0.05, 0.1) is 0 Å². The number of aliphatic hydroxyl groups excluding tert-OH is 1. The summed E-state index contributed by atoms with van der Waals surface area (Å²) in [4.78, 5) is 10.0. The van der Waals surface area contributed by atoms with Gasteiger partial charge in [0.25, 0.3) is 0 Å². The highest BCUT2D eigenvalue weighted by Gasteiger charge is 1.91. The fourth-order valence-electron chi connectivity index (χ4n) is 1.58. The molecule has 0 heterocycles. The molecule has 2 heteroatoms. The minimum Gasteiger partial charge on any atom is -0.396 e. The van der Waals surface area contributed by atoms with Crippen molar-refractivity contribution in [3.63, 3.8) is 0 Å². The van der Waals surface area contributed by atoms with Gasteiger partial charge >= 0.3 is 0 Å². The Balaban J connectivity index is 2.81. The second kappa shape index (κ2) is 12.6. The maximum atomic E-state index is 10.0. The van der Waals surface area contributed by atoms with Crippen molar-refractivity contribution in [1.29, 1.82) is 0 Å². The van der Waals surface area contributed by atoms with Crippen LogP contribution in [0.1, 0.15) is 64.2 Å². The molecule has 0 radical (unpaired) electrons. The molecule has 0 amide bonds. The van der Waals surface area contributed by atoms with Crippen LogP contribution in [0.3, 0.4) is 0 Å². The van der Waals surface area contributed by atoms with Gasteiger partial charge in [0.1, 0.15) is 6.29 Å². The third-order valence-electron chi connectivity index (χ3n) is 2.48. The van der Waals surface area contributed by atoms with E-state index in [2.05, 4.69) is 0 Å². The molecule has 0 saturated heterocycles. The van der Waals surface area contributed by atoms with Crippen molar-refractivity contribution in [1.82, 2.24) is 0 Å². The average Bonchev–Trinajstić information content (AvgIpc) is 2.21. The molecule has 0 aromatic rings. The first kappa shape index (κ1) is 13.6. The van der Waals surface area contributed by atoms with Crippen molar-refractivity contribution in [2.75, 3.05) is 6.61 Å². The lowest BCUT2D eigenvalue weighted by Gasteiger charge is -2.00. The standard InChI is InChI=1S/C12H24O2/c13-11-9-7-5-3-1-2-4-6-8-10-12-14/h11,14H,1-10,12H2. The molecule has 0 rings (SSSR count). The van der Waals surface area contributed by atoms with Crippen LogP contribution in [0.5, 0.6) is 0 Å². The van der Waals surface area contributed by atoms with E-state index in [4.69, 9.17) is 5.11 Å². The minimum atomic E-state index is 0.339. The van der Waals surface area contributed by atoms with Gasteiger partial charge in [-0.3, -0.25) is 0 Å². The maximum absolute atomic E-state index is 10.0. The highest BCUT2D eigenvalue weighted by molar-refractivity contribution is 5.48. The fraction of sp³-hybridized carbons (Fsp3) is 0.917. The summed E-state index contributed by atoms with van der Waals surface area (Å²) < 4.78 is 0. The smallest absolute Gasteiger partial charge is 0.119 e. The van der Waals surface area contributed by atoms with Gasteiger partial charge in [0.15, 0.2) is 0 Å². The van der Waals surface area contributed by atoms with Crippen LogP contribution in [-0.4, -0.2) is 18.0 Å². The van der Waals surface area contributed by atoms with Gasteiger partial charge in [-0.15, -0.1) is 0 Å². The molecule has 14 heavy (non-hydrogen) atoms. The van der Waals surface area contributed by atoms with Crippen LogP contribution in [0, 0.1) is 0 Å². The number of carbonyl (C=O) groups excluding carboxylic acids is 1. The molecular formula is C12H24O2. The van der Waals surface area contributed by atoms with Crippen LogP contribution in [0.15, 0.2) is 0 Å². The van der Waals surface area contributed by atoms with E-state index in [0.29, 0.717) is 6.61 Å². The zero-order valence-corrected chi connectivity index (χ0v) is 9.21. The largest absolute Gasteiger partial charge is 0.396 e. The number of carbonyl (C=O) groups is 1. The van der Waals surface area contributed by atoms with Gasteiger partial charge in [-0.05, 0) is 12.8 Å². The molecule has 0 aliphatic carbocycles. The average molecular weight is 200 g/mol. The van der Waals surface area contributed by atoms with Crippen molar-refractivity contribution >= 4 is 6.29 Å². The predicted octanol–water partition coefficient (Wildman–Crippen LogP) is 3.08. The Bertz CT molecular complexity index is 113. The van der Waals surface area contributed by atoms with Gasteiger partial charge < -0.3 is 9.90 Å². The van der Waals surface area contributed by atoms with E-state index in [9.17, 15) is 4.79 Å². The highest BCUT2D eigenvalue weighted by atomic mass is 16.2. The molecule has 0 aliphatic rings. The normalized spacial score (nSPS) is 10.4. The number of aliphatic hydroxyl groups is 1. The third-order valence-corrected chi connectivity index (χ3v) is 2.48. The van der Waals surface area contributed by atoms with Gasteiger partial charge in [-0.2, -0.15) is 0 Å². The third kappa shape index (κ3) is 11.6. The number of hydrogen-bond acceptors (Lipinski definition) is 2. The topological polar surface area (TPSA) is 37.3 Å². The van der Waals surface area contributed by atoms with Crippen LogP contribution >= 0.6 is 0 Å². The molecule has 0 aromatic heterocycles. The molecule has 0 atom stereocenters.